The van der Waals surface area contributed by atoms with Gasteiger partial charge >= 0.3 is 0 Å². The van der Waals surface area contributed by atoms with Gasteiger partial charge in [-0.15, -0.1) is 0 Å². The first kappa shape index (κ1) is 14.9. The molecule has 2 rings (SSSR count). The fourth-order valence-electron chi connectivity index (χ4n) is 2.46. The van der Waals surface area contributed by atoms with Crippen molar-refractivity contribution in [2.75, 3.05) is 7.05 Å². The lowest BCUT2D eigenvalue weighted by molar-refractivity contribution is 0.571. The Morgan fingerprint density at radius 3 is 2.30 bits per heavy atom. The summed E-state index contributed by atoms with van der Waals surface area (Å²) in [6, 6.07) is 7.49. The van der Waals surface area contributed by atoms with Gasteiger partial charge in [0.1, 0.15) is 11.6 Å². The van der Waals surface area contributed by atoms with E-state index in [2.05, 4.69) is 5.32 Å². The molecular weight excluding hydrogens is 280 g/mol. The van der Waals surface area contributed by atoms with Crippen LogP contribution in [0.4, 0.5) is 8.78 Å². The van der Waals surface area contributed by atoms with Crippen molar-refractivity contribution in [3.63, 3.8) is 0 Å². The molecule has 0 aliphatic rings. The Labute approximate surface area is 122 Å². The minimum Gasteiger partial charge on any atom is -0.309 e. The summed E-state index contributed by atoms with van der Waals surface area (Å²) in [5.74, 6) is -0.756. The minimum atomic E-state index is -0.480. The van der Waals surface area contributed by atoms with Crippen LogP contribution in [0.1, 0.15) is 28.3 Å². The molecule has 4 heteroatoms. The molecule has 0 heterocycles. The van der Waals surface area contributed by atoms with Gasteiger partial charge in [0.25, 0.3) is 0 Å². The molecule has 0 spiro atoms. The van der Waals surface area contributed by atoms with Crippen LogP contribution >= 0.6 is 11.6 Å². The van der Waals surface area contributed by atoms with E-state index in [0.29, 0.717) is 5.56 Å². The lowest BCUT2D eigenvalue weighted by atomic mass is 9.93. The van der Waals surface area contributed by atoms with Crippen LogP contribution in [0.2, 0.25) is 5.02 Å². The Morgan fingerprint density at radius 2 is 1.75 bits per heavy atom. The van der Waals surface area contributed by atoms with Crippen molar-refractivity contribution >= 4 is 11.6 Å². The summed E-state index contributed by atoms with van der Waals surface area (Å²) < 4.78 is 27.5. The third-order valence-corrected chi connectivity index (χ3v) is 3.62. The standard InChI is InChI=1S/C16H16ClF2N/c1-9-6-10(2)15(14(19)7-9)16(20-3)11-4-5-13(18)12(17)8-11/h4-8,16,20H,1-3H3. The van der Waals surface area contributed by atoms with Crippen LogP contribution in [0, 0.1) is 25.5 Å². The zero-order chi connectivity index (χ0) is 14.9. The fourth-order valence-corrected chi connectivity index (χ4v) is 2.65. The number of halogens is 3. The van der Waals surface area contributed by atoms with E-state index in [1.165, 1.54) is 18.2 Å². The predicted octanol–water partition coefficient (Wildman–Crippen LogP) is 4.54. The fraction of sp³-hybridized carbons (Fsp3) is 0.250. The molecule has 1 atom stereocenters. The van der Waals surface area contributed by atoms with Gasteiger partial charge in [-0.05, 0) is 55.8 Å². The molecule has 0 radical (unpaired) electrons. The molecule has 106 valence electrons. The van der Waals surface area contributed by atoms with Gasteiger partial charge in [-0.25, -0.2) is 8.78 Å². The lowest BCUT2D eigenvalue weighted by Gasteiger charge is -2.21. The topological polar surface area (TPSA) is 12.0 Å². The molecule has 0 saturated carbocycles. The molecule has 0 fully saturated rings. The summed E-state index contributed by atoms with van der Waals surface area (Å²) in [6.45, 7) is 3.71. The first-order valence-corrected chi connectivity index (χ1v) is 6.70. The minimum absolute atomic E-state index is 0.0351. The van der Waals surface area contributed by atoms with Crippen LogP contribution in [0.5, 0.6) is 0 Å². The molecule has 2 aromatic carbocycles. The van der Waals surface area contributed by atoms with Gasteiger partial charge in [0, 0.05) is 5.56 Å². The Bertz CT molecular complexity index is 617. The van der Waals surface area contributed by atoms with E-state index in [-0.39, 0.29) is 16.9 Å². The van der Waals surface area contributed by atoms with Crippen LogP contribution in [0.15, 0.2) is 30.3 Å². The molecule has 0 bridgehead atoms. The van der Waals surface area contributed by atoms with Crippen molar-refractivity contribution in [1.29, 1.82) is 0 Å². The average molecular weight is 296 g/mol. The maximum Gasteiger partial charge on any atom is 0.141 e. The van der Waals surface area contributed by atoms with E-state index < -0.39 is 5.82 Å². The van der Waals surface area contributed by atoms with E-state index in [4.69, 9.17) is 11.6 Å². The zero-order valence-corrected chi connectivity index (χ0v) is 12.4. The van der Waals surface area contributed by atoms with E-state index in [1.54, 1.807) is 13.1 Å². The molecule has 0 amide bonds. The van der Waals surface area contributed by atoms with Crippen molar-refractivity contribution in [2.45, 2.75) is 19.9 Å². The van der Waals surface area contributed by atoms with Crippen molar-refractivity contribution in [3.8, 4) is 0 Å². The molecule has 1 nitrogen and oxygen atoms in total. The Balaban J connectivity index is 2.55. The average Bonchev–Trinajstić information content (AvgIpc) is 2.37. The van der Waals surface area contributed by atoms with Gasteiger partial charge in [-0.2, -0.15) is 0 Å². The molecule has 1 unspecified atom stereocenters. The highest BCUT2D eigenvalue weighted by Crippen LogP contribution is 2.30. The number of hydrogen-bond acceptors (Lipinski definition) is 1. The van der Waals surface area contributed by atoms with Crippen molar-refractivity contribution in [1.82, 2.24) is 5.32 Å². The first-order valence-electron chi connectivity index (χ1n) is 6.33. The maximum atomic E-state index is 14.3. The van der Waals surface area contributed by atoms with Crippen LogP contribution in [0.25, 0.3) is 0 Å². The largest absolute Gasteiger partial charge is 0.309 e. The highest BCUT2D eigenvalue weighted by atomic mass is 35.5. The lowest BCUT2D eigenvalue weighted by Crippen LogP contribution is -2.20. The van der Waals surface area contributed by atoms with Crippen molar-refractivity contribution in [2.24, 2.45) is 0 Å². The summed E-state index contributed by atoms with van der Waals surface area (Å²) >= 11 is 5.81. The van der Waals surface area contributed by atoms with E-state index >= 15 is 0 Å². The maximum absolute atomic E-state index is 14.3. The van der Waals surface area contributed by atoms with Crippen LogP contribution in [0.3, 0.4) is 0 Å². The second-order valence-electron chi connectivity index (χ2n) is 4.87. The summed E-state index contributed by atoms with van der Waals surface area (Å²) in [7, 11) is 1.74. The molecule has 2 aromatic rings. The van der Waals surface area contributed by atoms with Crippen LogP contribution in [-0.2, 0) is 0 Å². The van der Waals surface area contributed by atoms with E-state index in [1.807, 2.05) is 19.9 Å². The monoisotopic (exact) mass is 295 g/mol. The number of nitrogens with one attached hydrogen (secondary N) is 1. The third-order valence-electron chi connectivity index (χ3n) is 3.34. The first-order chi connectivity index (χ1) is 9.43. The Kier molecular flexibility index (Phi) is 4.41. The molecule has 0 aliphatic carbocycles. The predicted molar refractivity (Wildman–Crippen MR) is 78.2 cm³/mol. The molecular formula is C16H16ClF2N. The molecule has 20 heavy (non-hydrogen) atoms. The molecule has 0 saturated heterocycles. The number of aryl methyl sites for hydroxylation is 2. The smallest absolute Gasteiger partial charge is 0.141 e. The molecule has 0 aromatic heterocycles. The molecule has 1 N–H and O–H groups in total. The van der Waals surface area contributed by atoms with Crippen LogP contribution in [-0.4, -0.2) is 7.05 Å². The van der Waals surface area contributed by atoms with Gasteiger partial charge in [0.15, 0.2) is 0 Å². The SMILES string of the molecule is CNC(c1ccc(F)c(Cl)c1)c1c(C)cc(C)cc1F. The Hall–Kier alpha value is -1.45. The van der Waals surface area contributed by atoms with Gasteiger partial charge in [-0.3, -0.25) is 0 Å². The van der Waals surface area contributed by atoms with E-state index in [9.17, 15) is 8.78 Å². The van der Waals surface area contributed by atoms with Gasteiger partial charge in [-0.1, -0.05) is 23.7 Å². The highest BCUT2D eigenvalue weighted by molar-refractivity contribution is 6.30. The summed E-state index contributed by atoms with van der Waals surface area (Å²) in [4.78, 5) is 0. The quantitative estimate of drug-likeness (QED) is 0.876. The van der Waals surface area contributed by atoms with Gasteiger partial charge in [0.05, 0.1) is 11.1 Å². The Morgan fingerprint density at radius 1 is 1.05 bits per heavy atom. The second-order valence-corrected chi connectivity index (χ2v) is 5.28. The summed E-state index contributed by atoms with van der Waals surface area (Å²) in [5, 5.41) is 3.10. The number of benzene rings is 2. The van der Waals surface area contributed by atoms with E-state index in [0.717, 1.165) is 16.7 Å². The second kappa shape index (κ2) is 5.90. The van der Waals surface area contributed by atoms with Gasteiger partial charge in [0.2, 0.25) is 0 Å². The normalized spacial score (nSPS) is 12.5. The third kappa shape index (κ3) is 2.84. The zero-order valence-electron chi connectivity index (χ0n) is 11.6. The van der Waals surface area contributed by atoms with Crippen molar-refractivity contribution < 1.29 is 8.78 Å². The number of rotatable bonds is 3. The highest BCUT2D eigenvalue weighted by Gasteiger charge is 2.19. The molecule has 0 aliphatic heterocycles. The van der Waals surface area contributed by atoms with Crippen molar-refractivity contribution in [3.05, 3.63) is 69.2 Å². The summed E-state index contributed by atoms with van der Waals surface area (Å²) in [6.07, 6.45) is 0. The number of hydrogen-bond donors (Lipinski definition) is 1. The van der Waals surface area contributed by atoms with Crippen LogP contribution < -0.4 is 5.32 Å². The van der Waals surface area contributed by atoms with Gasteiger partial charge < -0.3 is 5.32 Å². The summed E-state index contributed by atoms with van der Waals surface area (Å²) in [5.41, 5.74) is 3.00.